The molecule has 0 unspecified atom stereocenters. The van der Waals surface area contributed by atoms with E-state index in [-0.39, 0.29) is 17.6 Å². The van der Waals surface area contributed by atoms with Gasteiger partial charge in [0.1, 0.15) is 17.2 Å². The number of piperazine rings is 1. The second-order valence-corrected chi connectivity index (χ2v) is 9.59. The molecule has 1 amide bonds. The molecule has 1 saturated heterocycles. The van der Waals surface area contributed by atoms with Crippen LogP contribution in [0.1, 0.15) is 66.4 Å². The first-order chi connectivity index (χ1) is 16.9. The van der Waals surface area contributed by atoms with E-state index in [0.717, 1.165) is 38.8 Å². The third kappa shape index (κ3) is 4.70. The fourth-order valence-electron chi connectivity index (χ4n) is 5.10. The second-order valence-electron chi connectivity index (χ2n) is 9.59. The van der Waals surface area contributed by atoms with Gasteiger partial charge < -0.3 is 19.9 Å². The van der Waals surface area contributed by atoms with Crippen LogP contribution < -0.4 is 5.32 Å². The van der Waals surface area contributed by atoms with Gasteiger partial charge in [0.15, 0.2) is 0 Å². The molecular weight excluding hydrogens is 446 g/mol. The van der Waals surface area contributed by atoms with Crippen LogP contribution in [0, 0.1) is 0 Å². The van der Waals surface area contributed by atoms with Crippen molar-refractivity contribution in [3.63, 3.8) is 0 Å². The quantitative estimate of drug-likeness (QED) is 0.554. The Morgan fingerprint density at radius 2 is 1.80 bits per heavy atom. The zero-order valence-electron chi connectivity index (χ0n) is 20.1. The zero-order valence-corrected chi connectivity index (χ0v) is 20.1. The van der Waals surface area contributed by atoms with E-state index in [0.29, 0.717) is 47.5 Å². The van der Waals surface area contributed by atoms with Gasteiger partial charge >= 0.3 is 5.97 Å². The monoisotopic (exact) mass is 477 g/mol. The summed E-state index contributed by atoms with van der Waals surface area (Å²) in [6.07, 6.45) is 7.27. The number of carbonyl (C=O) groups is 2. The summed E-state index contributed by atoms with van der Waals surface area (Å²) in [5.41, 5.74) is 1.40. The lowest BCUT2D eigenvalue weighted by atomic mass is 10.2. The Bertz CT molecular complexity index is 1220. The van der Waals surface area contributed by atoms with Crippen LogP contribution in [-0.4, -0.2) is 78.5 Å². The molecule has 1 aliphatic heterocycles. The summed E-state index contributed by atoms with van der Waals surface area (Å²) in [5, 5.41) is 13.5. The summed E-state index contributed by atoms with van der Waals surface area (Å²) in [6.45, 7) is 7.52. The van der Waals surface area contributed by atoms with Gasteiger partial charge in [-0.3, -0.25) is 9.69 Å². The number of aromatic carboxylic acids is 1. The molecule has 0 radical (unpaired) electrons. The van der Waals surface area contributed by atoms with Crippen LogP contribution in [0.25, 0.3) is 11.0 Å². The Morgan fingerprint density at radius 1 is 1.06 bits per heavy atom. The van der Waals surface area contributed by atoms with Gasteiger partial charge in [0, 0.05) is 56.0 Å². The van der Waals surface area contributed by atoms with E-state index < -0.39 is 5.97 Å². The fraction of sp³-hybridized carbons (Fsp3) is 0.480. The van der Waals surface area contributed by atoms with Crippen molar-refractivity contribution in [1.29, 1.82) is 0 Å². The fourth-order valence-corrected chi connectivity index (χ4v) is 5.10. The van der Waals surface area contributed by atoms with E-state index in [2.05, 4.69) is 39.0 Å². The van der Waals surface area contributed by atoms with Crippen molar-refractivity contribution in [2.24, 2.45) is 0 Å². The van der Waals surface area contributed by atoms with E-state index in [1.165, 1.54) is 0 Å². The van der Waals surface area contributed by atoms with Crippen molar-refractivity contribution in [2.45, 2.75) is 51.6 Å². The molecule has 10 nitrogen and oxygen atoms in total. The van der Waals surface area contributed by atoms with Crippen LogP contribution >= 0.6 is 0 Å². The van der Waals surface area contributed by atoms with Crippen LogP contribution in [0.3, 0.4) is 0 Å². The molecule has 35 heavy (non-hydrogen) atoms. The van der Waals surface area contributed by atoms with Crippen molar-refractivity contribution < 1.29 is 14.7 Å². The first-order valence-corrected chi connectivity index (χ1v) is 12.3. The van der Waals surface area contributed by atoms with Gasteiger partial charge in [-0.1, -0.05) is 12.8 Å². The highest BCUT2D eigenvalue weighted by Gasteiger charge is 2.26. The number of carbonyl (C=O) groups excluding carboxylic acids is 1. The van der Waals surface area contributed by atoms with Crippen LogP contribution in [0.15, 0.2) is 30.6 Å². The normalized spacial score (nSPS) is 17.4. The molecule has 2 aliphatic rings. The molecule has 0 spiro atoms. The van der Waals surface area contributed by atoms with Crippen molar-refractivity contribution in [3.8, 4) is 0 Å². The maximum atomic E-state index is 12.9. The highest BCUT2D eigenvalue weighted by atomic mass is 16.4. The molecule has 0 aromatic carbocycles. The number of carboxylic acids is 1. The molecule has 1 saturated carbocycles. The molecular formula is C25H31N7O3. The van der Waals surface area contributed by atoms with Gasteiger partial charge in [-0.15, -0.1) is 0 Å². The van der Waals surface area contributed by atoms with Crippen molar-refractivity contribution in [2.75, 3.05) is 31.5 Å². The number of carboxylic acid groups (broad SMARTS) is 1. The summed E-state index contributed by atoms with van der Waals surface area (Å²) in [7, 11) is 0. The molecule has 3 aromatic rings. The Kier molecular flexibility index (Phi) is 6.38. The molecule has 1 aliphatic carbocycles. The van der Waals surface area contributed by atoms with Gasteiger partial charge in [0.05, 0.1) is 5.56 Å². The number of aromatic nitrogens is 4. The van der Waals surface area contributed by atoms with Gasteiger partial charge in [-0.2, -0.15) is 4.98 Å². The summed E-state index contributed by atoms with van der Waals surface area (Å²) in [6, 6.07) is 5.75. The van der Waals surface area contributed by atoms with E-state index in [1.807, 2.05) is 9.47 Å². The molecule has 2 N–H and O–H groups in total. The molecule has 2 fully saturated rings. The lowest BCUT2D eigenvalue weighted by molar-refractivity contribution is 0.0594. The first kappa shape index (κ1) is 23.2. The number of hydrogen-bond acceptors (Lipinski definition) is 7. The Balaban J connectivity index is 1.32. The molecule has 4 heterocycles. The summed E-state index contributed by atoms with van der Waals surface area (Å²) in [5.74, 6) is -0.121. The average Bonchev–Trinajstić information content (AvgIpc) is 3.52. The molecule has 0 atom stereocenters. The van der Waals surface area contributed by atoms with Crippen LogP contribution in [-0.2, 0) is 0 Å². The van der Waals surface area contributed by atoms with Gasteiger partial charge in [0.2, 0.25) is 5.95 Å². The van der Waals surface area contributed by atoms with E-state index >= 15 is 0 Å². The SMILES string of the molecule is CC(C)N1CCN(C(=O)c2ccc(Nc3ncc4cc(C(=O)O)n(C5CCCC5)c4n3)nc2)CC1. The predicted octanol–water partition coefficient (Wildman–Crippen LogP) is 3.55. The first-order valence-electron chi connectivity index (χ1n) is 12.3. The topological polar surface area (TPSA) is 116 Å². The number of nitrogens with one attached hydrogen (secondary N) is 1. The summed E-state index contributed by atoms with van der Waals surface area (Å²) >= 11 is 0. The standard InChI is InChI=1S/C25H31N7O3/c1-16(2)30-9-11-31(12-10-30)23(33)17-7-8-21(26-14-17)28-25-27-15-18-13-20(24(34)35)32(22(18)29-25)19-5-3-4-6-19/h7-8,13-16,19H,3-6,9-12H2,1-2H3,(H,34,35)(H,26,27,28,29). The van der Waals surface area contributed by atoms with Crippen molar-refractivity contribution in [1.82, 2.24) is 29.3 Å². The lowest BCUT2D eigenvalue weighted by Crippen LogP contribution is -2.50. The van der Waals surface area contributed by atoms with E-state index in [1.54, 1.807) is 30.6 Å². The number of hydrogen-bond donors (Lipinski definition) is 2. The smallest absolute Gasteiger partial charge is 0.352 e. The highest BCUT2D eigenvalue weighted by molar-refractivity contribution is 5.94. The minimum absolute atomic E-state index is 0.0132. The molecule has 184 valence electrons. The minimum atomic E-state index is -0.961. The van der Waals surface area contributed by atoms with Gasteiger partial charge in [-0.25, -0.2) is 14.8 Å². The lowest BCUT2D eigenvalue weighted by Gasteiger charge is -2.36. The highest BCUT2D eigenvalue weighted by Crippen LogP contribution is 2.34. The maximum absolute atomic E-state index is 12.9. The van der Waals surface area contributed by atoms with Gasteiger partial charge in [0.25, 0.3) is 5.91 Å². The number of fused-ring (bicyclic) bond motifs is 1. The van der Waals surface area contributed by atoms with Crippen molar-refractivity contribution in [3.05, 3.63) is 41.9 Å². The largest absolute Gasteiger partial charge is 0.477 e. The number of amides is 1. The summed E-state index contributed by atoms with van der Waals surface area (Å²) in [4.78, 5) is 42.3. The Labute approximate surface area is 204 Å². The third-order valence-corrected chi connectivity index (χ3v) is 7.07. The number of rotatable bonds is 6. The number of pyridine rings is 1. The predicted molar refractivity (Wildman–Crippen MR) is 132 cm³/mol. The van der Waals surface area contributed by atoms with Crippen LogP contribution in [0.4, 0.5) is 11.8 Å². The summed E-state index contributed by atoms with van der Waals surface area (Å²) < 4.78 is 1.84. The number of nitrogens with zero attached hydrogens (tertiary/aromatic N) is 6. The Morgan fingerprint density at radius 3 is 2.43 bits per heavy atom. The van der Waals surface area contributed by atoms with E-state index in [9.17, 15) is 14.7 Å². The average molecular weight is 478 g/mol. The molecule has 3 aromatic heterocycles. The van der Waals surface area contributed by atoms with E-state index in [4.69, 9.17) is 0 Å². The molecule has 5 rings (SSSR count). The zero-order chi connectivity index (χ0) is 24.5. The van der Waals surface area contributed by atoms with Gasteiger partial charge in [-0.05, 0) is 44.9 Å². The Hall–Kier alpha value is -3.53. The molecule has 0 bridgehead atoms. The van der Waals surface area contributed by atoms with Crippen LogP contribution in [0.5, 0.6) is 0 Å². The number of anilines is 2. The molecule has 10 heteroatoms. The van der Waals surface area contributed by atoms with Crippen molar-refractivity contribution >= 4 is 34.7 Å². The maximum Gasteiger partial charge on any atom is 0.352 e. The van der Waals surface area contributed by atoms with Crippen LogP contribution in [0.2, 0.25) is 0 Å². The third-order valence-electron chi connectivity index (χ3n) is 7.07. The second kappa shape index (κ2) is 9.61. The minimum Gasteiger partial charge on any atom is -0.477 e.